The molecule has 0 aromatic rings. The SMILES string of the molecule is C1CCN2CCCSC2C1. The van der Waals surface area contributed by atoms with E-state index in [9.17, 15) is 0 Å². The van der Waals surface area contributed by atoms with Crippen molar-refractivity contribution in [3.63, 3.8) is 0 Å². The molecule has 0 N–H and O–H groups in total. The normalized spacial score (nSPS) is 35.4. The highest BCUT2D eigenvalue weighted by molar-refractivity contribution is 7.99. The molecule has 0 saturated carbocycles. The number of piperidine rings is 1. The van der Waals surface area contributed by atoms with Crippen LogP contribution >= 0.6 is 11.8 Å². The molecule has 58 valence electrons. The smallest absolute Gasteiger partial charge is 0.0557 e. The molecule has 0 aromatic heterocycles. The van der Waals surface area contributed by atoms with Gasteiger partial charge in [-0.1, -0.05) is 0 Å². The topological polar surface area (TPSA) is 3.24 Å². The maximum atomic E-state index is 2.66. The molecule has 2 fully saturated rings. The molecule has 2 saturated heterocycles. The third-order valence-electron chi connectivity index (χ3n) is 2.45. The molecule has 0 aromatic carbocycles. The van der Waals surface area contributed by atoms with Gasteiger partial charge in [0.25, 0.3) is 0 Å². The summed E-state index contributed by atoms with van der Waals surface area (Å²) < 4.78 is 0. The second kappa shape index (κ2) is 3.14. The molecule has 0 aliphatic carbocycles. The summed E-state index contributed by atoms with van der Waals surface area (Å²) in [6, 6.07) is 0. The first-order valence-corrected chi connectivity index (χ1v) is 5.37. The number of rotatable bonds is 0. The lowest BCUT2D eigenvalue weighted by molar-refractivity contribution is 0.200. The molecule has 1 unspecified atom stereocenters. The van der Waals surface area contributed by atoms with E-state index in [0.29, 0.717) is 0 Å². The number of hydrogen-bond donors (Lipinski definition) is 0. The molecule has 2 heterocycles. The van der Waals surface area contributed by atoms with Crippen LogP contribution in [0.2, 0.25) is 0 Å². The van der Waals surface area contributed by atoms with E-state index >= 15 is 0 Å². The van der Waals surface area contributed by atoms with Crippen LogP contribution in [0.25, 0.3) is 0 Å². The summed E-state index contributed by atoms with van der Waals surface area (Å²) in [6.07, 6.45) is 5.77. The third-order valence-corrected chi connectivity index (χ3v) is 3.90. The number of hydrogen-bond acceptors (Lipinski definition) is 2. The Morgan fingerprint density at radius 3 is 2.90 bits per heavy atom. The van der Waals surface area contributed by atoms with Gasteiger partial charge in [-0.2, -0.15) is 0 Å². The summed E-state index contributed by atoms with van der Waals surface area (Å²) in [5.41, 5.74) is 0. The van der Waals surface area contributed by atoms with Gasteiger partial charge in [0.15, 0.2) is 0 Å². The van der Waals surface area contributed by atoms with E-state index < -0.39 is 0 Å². The van der Waals surface area contributed by atoms with Crippen LogP contribution in [0, 0.1) is 0 Å². The zero-order valence-electron chi connectivity index (χ0n) is 6.38. The fourth-order valence-electron chi connectivity index (χ4n) is 1.89. The Bertz CT molecular complexity index is 89.8. The van der Waals surface area contributed by atoms with Gasteiger partial charge in [-0.15, -0.1) is 11.8 Å². The summed E-state index contributed by atoms with van der Waals surface area (Å²) in [5, 5.41) is 0.905. The van der Waals surface area contributed by atoms with Crippen molar-refractivity contribution < 1.29 is 0 Å². The molecule has 0 radical (unpaired) electrons. The van der Waals surface area contributed by atoms with Gasteiger partial charge >= 0.3 is 0 Å². The summed E-state index contributed by atoms with van der Waals surface area (Å²) in [7, 11) is 0. The van der Waals surface area contributed by atoms with Crippen molar-refractivity contribution in [2.45, 2.75) is 31.1 Å². The maximum absolute atomic E-state index is 2.66. The molecule has 0 spiro atoms. The van der Waals surface area contributed by atoms with Gasteiger partial charge in [-0.25, -0.2) is 0 Å². The number of thioether (sulfide) groups is 1. The average molecular weight is 157 g/mol. The van der Waals surface area contributed by atoms with E-state index in [1.807, 2.05) is 0 Å². The van der Waals surface area contributed by atoms with Crippen molar-refractivity contribution in [2.24, 2.45) is 0 Å². The van der Waals surface area contributed by atoms with Crippen LogP contribution in [0.4, 0.5) is 0 Å². The zero-order chi connectivity index (χ0) is 6.81. The van der Waals surface area contributed by atoms with Gasteiger partial charge in [0, 0.05) is 0 Å². The Morgan fingerprint density at radius 1 is 1.10 bits per heavy atom. The fourth-order valence-corrected chi connectivity index (χ4v) is 3.21. The molecule has 2 aliphatic heterocycles. The second-order valence-corrected chi connectivity index (χ2v) is 4.50. The van der Waals surface area contributed by atoms with Crippen LogP contribution in [0.1, 0.15) is 25.7 Å². The van der Waals surface area contributed by atoms with Gasteiger partial charge in [-0.3, -0.25) is 4.90 Å². The summed E-state index contributed by atoms with van der Waals surface area (Å²) in [4.78, 5) is 2.66. The minimum Gasteiger partial charge on any atom is -0.291 e. The first-order valence-electron chi connectivity index (χ1n) is 4.32. The van der Waals surface area contributed by atoms with Crippen molar-refractivity contribution in [2.75, 3.05) is 18.8 Å². The third kappa shape index (κ3) is 1.32. The standard InChI is InChI=1S/C8H15NS/c1-2-5-9-6-3-7-10-8(9)4-1/h8H,1-7H2. The molecule has 2 heteroatoms. The second-order valence-electron chi connectivity index (χ2n) is 3.21. The van der Waals surface area contributed by atoms with E-state index in [4.69, 9.17) is 0 Å². The van der Waals surface area contributed by atoms with Gasteiger partial charge in [0.2, 0.25) is 0 Å². The quantitative estimate of drug-likeness (QED) is 0.528. The zero-order valence-corrected chi connectivity index (χ0v) is 7.20. The van der Waals surface area contributed by atoms with Gasteiger partial charge < -0.3 is 0 Å². The first-order chi connectivity index (χ1) is 4.97. The molecule has 0 amide bonds. The van der Waals surface area contributed by atoms with Crippen LogP contribution in [0.5, 0.6) is 0 Å². The average Bonchev–Trinajstić information content (AvgIpc) is 2.05. The van der Waals surface area contributed by atoms with Crippen molar-refractivity contribution in [1.82, 2.24) is 4.90 Å². The monoisotopic (exact) mass is 157 g/mol. The minimum atomic E-state index is 0.905. The largest absolute Gasteiger partial charge is 0.291 e. The number of nitrogens with zero attached hydrogens (tertiary/aromatic N) is 1. The van der Waals surface area contributed by atoms with Gasteiger partial charge in [0.05, 0.1) is 5.37 Å². The number of fused-ring (bicyclic) bond motifs is 1. The molecule has 2 rings (SSSR count). The Balaban J connectivity index is 1.93. The van der Waals surface area contributed by atoms with Gasteiger partial charge in [0.1, 0.15) is 0 Å². The lowest BCUT2D eigenvalue weighted by atomic mass is 10.1. The van der Waals surface area contributed by atoms with Crippen LogP contribution < -0.4 is 0 Å². The van der Waals surface area contributed by atoms with Gasteiger partial charge in [-0.05, 0) is 44.5 Å². The van der Waals surface area contributed by atoms with Crippen molar-refractivity contribution >= 4 is 11.8 Å². The van der Waals surface area contributed by atoms with Crippen LogP contribution in [0.15, 0.2) is 0 Å². The highest BCUT2D eigenvalue weighted by atomic mass is 32.2. The van der Waals surface area contributed by atoms with Crippen molar-refractivity contribution in [3.8, 4) is 0 Å². The highest BCUT2D eigenvalue weighted by Gasteiger charge is 2.24. The maximum Gasteiger partial charge on any atom is 0.0557 e. The van der Waals surface area contributed by atoms with Crippen molar-refractivity contribution in [1.29, 1.82) is 0 Å². The molecule has 1 atom stereocenters. The Labute approximate surface area is 67.2 Å². The highest BCUT2D eigenvalue weighted by Crippen LogP contribution is 2.30. The van der Waals surface area contributed by atoms with E-state index in [0.717, 1.165) is 5.37 Å². The Hall–Kier alpha value is 0.310. The lowest BCUT2D eigenvalue weighted by Crippen LogP contribution is -2.41. The summed E-state index contributed by atoms with van der Waals surface area (Å²) in [6.45, 7) is 2.75. The molecular formula is C8H15NS. The molecule has 2 aliphatic rings. The first kappa shape index (κ1) is 6.99. The van der Waals surface area contributed by atoms with Crippen LogP contribution in [-0.2, 0) is 0 Å². The van der Waals surface area contributed by atoms with Crippen LogP contribution in [-0.4, -0.2) is 29.1 Å². The summed E-state index contributed by atoms with van der Waals surface area (Å²) >= 11 is 2.17. The molecule has 10 heavy (non-hydrogen) atoms. The van der Waals surface area contributed by atoms with E-state index in [2.05, 4.69) is 16.7 Å². The molecule has 1 nitrogen and oxygen atoms in total. The van der Waals surface area contributed by atoms with E-state index in [-0.39, 0.29) is 0 Å². The summed E-state index contributed by atoms with van der Waals surface area (Å²) in [5.74, 6) is 1.40. The Morgan fingerprint density at radius 2 is 2.00 bits per heavy atom. The molecule has 0 bridgehead atoms. The predicted octanol–water partition coefficient (Wildman–Crippen LogP) is 1.94. The Kier molecular flexibility index (Phi) is 2.19. The van der Waals surface area contributed by atoms with E-state index in [1.165, 1.54) is 44.5 Å². The van der Waals surface area contributed by atoms with Crippen LogP contribution in [0.3, 0.4) is 0 Å². The van der Waals surface area contributed by atoms with Crippen molar-refractivity contribution in [3.05, 3.63) is 0 Å². The van der Waals surface area contributed by atoms with E-state index in [1.54, 1.807) is 0 Å². The fraction of sp³-hybridized carbons (Fsp3) is 1.00. The molecular weight excluding hydrogens is 142 g/mol. The predicted molar refractivity (Wildman–Crippen MR) is 46.3 cm³/mol. The lowest BCUT2D eigenvalue weighted by Gasteiger charge is -2.38. The minimum absolute atomic E-state index is 0.905.